The summed E-state index contributed by atoms with van der Waals surface area (Å²) in [6.07, 6.45) is 3.82. The summed E-state index contributed by atoms with van der Waals surface area (Å²) in [7, 11) is 0. The molecule has 7 heteroatoms. The van der Waals surface area contributed by atoms with Crippen LogP contribution in [0.1, 0.15) is 40.7 Å². The molecule has 1 aromatic heterocycles. The maximum atomic E-state index is 12.6. The number of nitrogens with one attached hydrogen (secondary N) is 1. The van der Waals surface area contributed by atoms with E-state index in [4.69, 9.17) is 0 Å². The van der Waals surface area contributed by atoms with Gasteiger partial charge < -0.3 is 10.2 Å². The Morgan fingerprint density at radius 3 is 2.55 bits per heavy atom. The van der Waals surface area contributed by atoms with Crippen molar-refractivity contribution in [3.05, 3.63) is 75.8 Å². The number of para-hydroxylation sites is 1. The predicted molar refractivity (Wildman–Crippen MR) is 119 cm³/mol. The lowest BCUT2D eigenvalue weighted by atomic mass is 10.1. The van der Waals surface area contributed by atoms with Gasteiger partial charge in [0, 0.05) is 38.2 Å². The number of carbonyl (C=O) groups excluding carboxylic acids is 2. The number of aromatic nitrogens is 2. The van der Waals surface area contributed by atoms with Crippen molar-refractivity contribution in [1.29, 1.82) is 0 Å². The lowest BCUT2D eigenvalue weighted by Gasteiger charge is -2.15. The van der Waals surface area contributed by atoms with Crippen LogP contribution in [0.5, 0.6) is 0 Å². The first-order chi connectivity index (χ1) is 15.0. The minimum Gasteiger partial charge on any atom is -0.352 e. The summed E-state index contributed by atoms with van der Waals surface area (Å²) >= 11 is 0. The Morgan fingerprint density at radius 2 is 1.81 bits per heavy atom. The number of likely N-dealkylation sites (tertiary alicyclic amines) is 1. The van der Waals surface area contributed by atoms with Crippen molar-refractivity contribution in [3.8, 4) is 0 Å². The molecule has 0 aliphatic carbocycles. The largest absolute Gasteiger partial charge is 0.352 e. The zero-order valence-electron chi connectivity index (χ0n) is 17.6. The maximum absolute atomic E-state index is 12.6. The molecular formula is C24H26N4O3. The van der Waals surface area contributed by atoms with E-state index in [2.05, 4.69) is 10.3 Å². The van der Waals surface area contributed by atoms with Crippen LogP contribution in [0.2, 0.25) is 0 Å². The van der Waals surface area contributed by atoms with E-state index in [1.165, 1.54) is 10.9 Å². The highest BCUT2D eigenvalue weighted by molar-refractivity contribution is 5.94. The van der Waals surface area contributed by atoms with Crippen LogP contribution in [0.4, 0.5) is 0 Å². The monoisotopic (exact) mass is 418 g/mol. The number of hydrogen-bond acceptors (Lipinski definition) is 4. The van der Waals surface area contributed by atoms with Crippen molar-refractivity contribution in [1.82, 2.24) is 19.8 Å². The highest BCUT2D eigenvalue weighted by Crippen LogP contribution is 2.14. The van der Waals surface area contributed by atoms with Crippen molar-refractivity contribution in [2.75, 3.05) is 13.1 Å². The third kappa shape index (κ3) is 4.66. The van der Waals surface area contributed by atoms with Crippen LogP contribution in [0.25, 0.3) is 10.9 Å². The van der Waals surface area contributed by atoms with Gasteiger partial charge in [0.15, 0.2) is 0 Å². The Hall–Kier alpha value is -3.48. The minimum atomic E-state index is -0.145. The molecule has 1 aliphatic rings. The number of nitrogens with zero attached hydrogens (tertiary/aromatic N) is 3. The molecule has 0 atom stereocenters. The van der Waals surface area contributed by atoms with E-state index >= 15 is 0 Å². The molecule has 160 valence electrons. The average molecular weight is 418 g/mol. The zero-order valence-corrected chi connectivity index (χ0v) is 17.6. The van der Waals surface area contributed by atoms with E-state index in [-0.39, 0.29) is 30.3 Å². The topological polar surface area (TPSA) is 84.3 Å². The van der Waals surface area contributed by atoms with Gasteiger partial charge in [-0.2, -0.15) is 0 Å². The highest BCUT2D eigenvalue weighted by Gasteiger charge is 2.19. The van der Waals surface area contributed by atoms with E-state index in [1.807, 2.05) is 48.2 Å². The molecule has 0 bridgehead atoms. The second-order valence-corrected chi connectivity index (χ2v) is 7.94. The van der Waals surface area contributed by atoms with E-state index in [0.29, 0.717) is 23.0 Å². The number of fused-ring (bicyclic) bond motifs is 1. The van der Waals surface area contributed by atoms with Crippen molar-refractivity contribution >= 4 is 22.7 Å². The van der Waals surface area contributed by atoms with E-state index in [1.54, 1.807) is 6.07 Å². The average Bonchev–Trinajstić information content (AvgIpc) is 3.33. The van der Waals surface area contributed by atoms with E-state index in [9.17, 15) is 14.4 Å². The first-order valence-electron chi connectivity index (χ1n) is 10.6. The van der Waals surface area contributed by atoms with Gasteiger partial charge in [-0.25, -0.2) is 4.98 Å². The summed E-state index contributed by atoms with van der Waals surface area (Å²) in [6.45, 7) is 4.21. The summed E-state index contributed by atoms with van der Waals surface area (Å²) in [5, 5.41) is 3.43. The number of benzene rings is 2. The van der Waals surface area contributed by atoms with Gasteiger partial charge in [-0.05, 0) is 49.1 Å². The molecule has 2 amide bonds. The Kier molecular flexibility index (Phi) is 6.11. The van der Waals surface area contributed by atoms with Crippen molar-refractivity contribution in [2.24, 2.45) is 0 Å². The number of rotatable bonds is 6. The zero-order chi connectivity index (χ0) is 21.8. The van der Waals surface area contributed by atoms with Gasteiger partial charge in [0.25, 0.3) is 11.5 Å². The van der Waals surface area contributed by atoms with E-state index < -0.39 is 0 Å². The standard InChI is InChI=1S/C24H26N4O3/c1-17-5-4-6-20-22(17)26-16-28(24(20)31)14-11-21(29)25-15-18-7-9-19(10-8-18)23(30)27-12-2-3-13-27/h4-10,16H,2-3,11-15H2,1H3,(H,25,29). The van der Waals surface area contributed by atoms with Gasteiger partial charge in [-0.15, -0.1) is 0 Å². The highest BCUT2D eigenvalue weighted by atomic mass is 16.2. The van der Waals surface area contributed by atoms with Gasteiger partial charge in [0.2, 0.25) is 5.91 Å². The van der Waals surface area contributed by atoms with Crippen LogP contribution in [-0.2, 0) is 17.9 Å². The molecular weight excluding hydrogens is 392 g/mol. The van der Waals surface area contributed by atoms with Crippen LogP contribution in [0.15, 0.2) is 53.6 Å². The summed E-state index contributed by atoms with van der Waals surface area (Å²) in [5.41, 5.74) is 3.11. The van der Waals surface area contributed by atoms with Gasteiger partial charge in [-0.3, -0.25) is 19.0 Å². The molecule has 2 heterocycles. The summed E-state index contributed by atoms with van der Waals surface area (Å²) in [5.74, 6) is -0.0776. The fourth-order valence-electron chi connectivity index (χ4n) is 3.88. The molecule has 1 fully saturated rings. The summed E-state index contributed by atoms with van der Waals surface area (Å²) in [6, 6.07) is 12.9. The molecule has 7 nitrogen and oxygen atoms in total. The molecule has 1 saturated heterocycles. The minimum absolute atomic E-state index is 0.0673. The van der Waals surface area contributed by atoms with Gasteiger partial charge in [0.1, 0.15) is 0 Å². The maximum Gasteiger partial charge on any atom is 0.261 e. The molecule has 0 unspecified atom stereocenters. The Bertz CT molecular complexity index is 1160. The summed E-state index contributed by atoms with van der Waals surface area (Å²) in [4.78, 5) is 43.5. The Labute approximate surface area is 180 Å². The SMILES string of the molecule is Cc1cccc2c(=O)n(CCC(=O)NCc3ccc(C(=O)N4CCCC4)cc3)cnc12. The van der Waals surface area contributed by atoms with Crippen LogP contribution in [0.3, 0.4) is 0 Å². The van der Waals surface area contributed by atoms with Crippen molar-refractivity contribution in [3.63, 3.8) is 0 Å². The summed E-state index contributed by atoms with van der Waals surface area (Å²) < 4.78 is 1.47. The number of hydrogen-bond donors (Lipinski definition) is 1. The lowest BCUT2D eigenvalue weighted by Crippen LogP contribution is -2.28. The molecule has 3 aromatic rings. The smallest absolute Gasteiger partial charge is 0.261 e. The molecule has 4 rings (SSSR count). The van der Waals surface area contributed by atoms with Crippen LogP contribution in [-0.4, -0.2) is 39.4 Å². The number of carbonyl (C=O) groups is 2. The number of aryl methyl sites for hydroxylation is 2. The van der Waals surface area contributed by atoms with Crippen LogP contribution < -0.4 is 10.9 Å². The molecule has 0 saturated carbocycles. The van der Waals surface area contributed by atoms with Gasteiger partial charge in [-0.1, -0.05) is 24.3 Å². The second kappa shape index (κ2) is 9.12. The molecule has 2 aromatic carbocycles. The number of amides is 2. The normalized spacial score (nSPS) is 13.5. The van der Waals surface area contributed by atoms with Crippen LogP contribution >= 0.6 is 0 Å². The molecule has 31 heavy (non-hydrogen) atoms. The fraction of sp³-hybridized carbons (Fsp3) is 0.333. The second-order valence-electron chi connectivity index (χ2n) is 7.94. The van der Waals surface area contributed by atoms with Crippen molar-refractivity contribution in [2.45, 2.75) is 39.3 Å². The molecule has 1 N–H and O–H groups in total. The van der Waals surface area contributed by atoms with Crippen LogP contribution in [0, 0.1) is 6.92 Å². The Morgan fingerprint density at radius 1 is 1.06 bits per heavy atom. The quantitative estimate of drug-likeness (QED) is 0.667. The molecule has 1 aliphatic heterocycles. The van der Waals surface area contributed by atoms with Gasteiger partial charge in [0.05, 0.1) is 17.2 Å². The molecule has 0 spiro atoms. The Balaban J connectivity index is 1.30. The third-order valence-electron chi connectivity index (χ3n) is 5.72. The van der Waals surface area contributed by atoms with Gasteiger partial charge >= 0.3 is 0 Å². The van der Waals surface area contributed by atoms with E-state index in [0.717, 1.165) is 37.1 Å². The lowest BCUT2D eigenvalue weighted by molar-refractivity contribution is -0.121. The van der Waals surface area contributed by atoms with Crippen molar-refractivity contribution < 1.29 is 9.59 Å². The molecule has 0 radical (unpaired) electrons. The third-order valence-corrected chi connectivity index (χ3v) is 5.72. The predicted octanol–water partition coefficient (Wildman–Crippen LogP) is 2.65. The first-order valence-corrected chi connectivity index (χ1v) is 10.6. The fourth-order valence-corrected chi connectivity index (χ4v) is 3.88. The first kappa shape index (κ1) is 20.8.